The summed E-state index contributed by atoms with van der Waals surface area (Å²) in [6.07, 6.45) is 1.49. The van der Waals surface area contributed by atoms with Crippen molar-refractivity contribution in [3.8, 4) is 5.88 Å². The number of aliphatic hydroxyl groups excluding tert-OH is 1. The van der Waals surface area contributed by atoms with E-state index in [0.29, 0.717) is 5.88 Å². The van der Waals surface area contributed by atoms with E-state index in [-0.39, 0.29) is 11.5 Å². The van der Waals surface area contributed by atoms with Gasteiger partial charge in [0.2, 0.25) is 5.88 Å². The molecule has 0 aliphatic carbocycles. The monoisotopic (exact) mass is 265 g/mol. The molecule has 0 spiro atoms. The summed E-state index contributed by atoms with van der Waals surface area (Å²) in [5.41, 5.74) is 1.07. The Morgan fingerprint density at radius 1 is 1.42 bits per heavy atom. The zero-order chi connectivity index (χ0) is 13.9. The third kappa shape index (κ3) is 4.14. The van der Waals surface area contributed by atoms with Gasteiger partial charge in [0.15, 0.2) is 0 Å². The van der Waals surface area contributed by atoms with E-state index in [2.05, 4.69) is 28.9 Å². The summed E-state index contributed by atoms with van der Waals surface area (Å²) < 4.78 is 5.01. The molecule has 1 aromatic rings. The molecule has 5 nitrogen and oxygen atoms in total. The van der Waals surface area contributed by atoms with Gasteiger partial charge in [0.25, 0.3) is 0 Å². The highest BCUT2D eigenvalue weighted by Crippen LogP contribution is 2.28. The predicted molar refractivity (Wildman–Crippen MR) is 72.9 cm³/mol. The minimum atomic E-state index is -0.193. The first-order valence-corrected chi connectivity index (χ1v) is 6.75. The van der Waals surface area contributed by atoms with E-state index >= 15 is 0 Å². The van der Waals surface area contributed by atoms with Crippen LogP contribution in [0.15, 0.2) is 12.1 Å². The second-order valence-corrected chi connectivity index (χ2v) is 6.09. The summed E-state index contributed by atoms with van der Waals surface area (Å²) in [7, 11) is 1.59. The van der Waals surface area contributed by atoms with E-state index in [1.165, 1.54) is 0 Å². The number of methoxy groups -OCH3 is 1. The summed E-state index contributed by atoms with van der Waals surface area (Å²) >= 11 is 0. The van der Waals surface area contributed by atoms with Crippen molar-refractivity contribution < 1.29 is 9.84 Å². The van der Waals surface area contributed by atoms with Gasteiger partial charge in [0, 0.05) is 25.7 Å². The summed E-state index contributed by atoms with van der Waals surface area (Å²) in [5, 5.41) is 18.1. The summed E-state index contributed by atoms with van der Waals surface area (Å²) in [5.74, 6) is 0.537. The number of aliphatic hydroxyl groups is 1. The molecule has 0 aromatic carbocycles. The average molecular weight is 265 g/mol. The summed E-state index contributed by atoms with van der Waals surface area (Å²) in [6, 6.07) is 3.78. The van der Waals surface area contributed by atoms with Crippen LogP contribution >= 0.6 is 0 Å². The number of nitrogens with zero attached hydrogens (tertiary/aromatic N) is 3. The number of likely N-dealkylation sites (tertiary alicyclic amines) is 1. The summed E-state index contributed by atoms with van der Waals surface area (Å²) in [6.45, 7) is 7.05. The van der Waals surface area contributed by atoms with Crippen molar-refractivity contribution >= 4 is 0 Å². The van der Waals surface area contributed by atoms with Crippen LogP contribution in [0.25, 0.3) is 0 Å². The number of aromatic nitrogens is 2. The molecule has 1 aromatic heterocycles. The lowest BCUT2D eigenvalue weighted by Gasteiger charge is -2.29. The number of hydrogen-bond donors (Lipinski definition) is 1. The van der Waals surface area contributed by atoms with Gasteiger partial charge >= 0.3 is 0 Å². The van der Waals surface area contributed by atoms with E-state index in [1.807, 2.05) is 12.1 Å². The van der Waals surface area contributed by atoms with Crippen molar-refractivity contribution in [2.45, 2.75) is 39.3 Å². The van der Waals surface area contributed by atoms with Crippen LogP contribution in [0.2, 0.25) is 0 Å². The van der Waals surface area contributed by atoms with Gasteiger partial charge in [-0.25, -0.2) is 0 Å². The minimum absolute atomic E-state index is 0.135. The molecule has 1 aliphatic heterocycles. The Hall–Kier alpha value is -1.20. The van der Waals surface area contributed by atoms with Crippen LogP contribution in [-0.4, -0.2) is 46.5 Å². The number of hydrogen-bond acceptors (Lipinski definition) is 5. The van der Waals surface area contributed by atoms with E-state index < -0.39 is 0 Å². The van der Waals surface area contributed by atoms with Gasteiger partial charge in [-0.1, -0.05) is 13.8 Å². The SMILES string of the molecule is COc1ccc(CN2CC[C@H](O)CC(C)(C)C2)nn1. The van der Waals surface area contributed by atoms with Crippen LogP contribution in [0, 0.1) is 5.41 Å². The second kappa shape index (κ2) is 5.84. The van der Waals surface area contributed by atoms with Gasteiger partial charge in [0.1, 0.15) is 0 Å². The number of ether oxygens (including phenoxy) is 1. The van der Waals surface area contributed by atoms with Crippen molar-refractivity contribution in [2.24, 2.45) is 5.41 Å². The molecule has 2 heterocycles. The molecular weight excluding hydrogens is 242 g/mol. The van der Waals surface area contributed by atoms with E-state index in [4.69, 9.17) is 4.74 Å². The van der Waals surface area contributed by atoms with Crippen molar-refractivity contribution in [2.75, 3.05) is 20.2 Å². The van der Waals surface area contributed by atoms with Crippen molar-refractivity contribution in [3.63, 3.8) is 0 Å². The Morgan fingerprint density at radius 3 is 2.84 bits per heavy atom. The lowest BCUT2D eigenvalue weighted by atomic mass is 9.87. The summed E-state index contributed by atoms with van der Waals surface area (Å²) in [4.78, 5) is 2.34. The molecule has 0 bridgehead atoms. The third-order valence-corrected chi connectivity index (χ3v) is 3.51. The van der Waals surface area contributed by atoms with Gasteiger partial charge in [0.05, 0.1) is 18.9 Å². The average Bonchev–Trinajstić information content (AvgIpc) is 2.48. The zero-order valence-electron chi connectivity index (χ0n) is 12.0. The smallest absolute Gasteiger partial charge is 0.233 e. The fourth-order valence-electron chi connectivity index (χ4n) is 2.73. The highest BCUT2D eigenvalue weighted by atomic mass is 16.5. The van der Waals surface area contributed by atoms with Gasteiger partial charge in [-0.3, -0.25) is 4.90 Å². The van der Waals surface area contributed by atoms with Gasteiger partial charge in [-0.2, -0.15) is 5.10 Å². The molecule has 0 radical (unpaired) electrons. The van der Waals surface area contributed by atoms with Crippen LogP contribution in [-0.2, 0) is 6.54 Å². The molecule has 1 saturated heterocycles. The van der Waals surface area contributed by atoms with E-state index in [0.717, 1.165) is 38.2 Å². The van der Waals surface area contributed by atoms with Gasteiger partial charge in [-0.15, -0.1) is 5.10 Å². The van der Waals surface area contributed by atoms with Crippen LogP contribution in [0.1, 0.15) is 32.4 Å². The Bertz CT molecular complexity index is 406. The third-order valence-electron chi connectivity index (χ3n) is 3.51. The van der Waals surface area contributed by atoms with Crippen LogP contribution in [0.4, 0.5) is 0 Å². The molecule has 1 aliphatic rings. The molecule has 5 heteroatoms. The highest BCUT2D eigenvalue weighted by Gasteiger charge is 2.29. The highest BCUT2D eigenvalue weighted by molar-refractivity contribution is 5.11. The largest absolute Gasteiger partial charge is 0.480 e. The first-order chi connectivity index (χ1) is 8.98. The second-order valence-electron chi connectivity index (χ2n) is 6.09. The lowest BCUT2D eigenvalue weighted by molar-refractivity contribution is 0.121. The first kappa shape index (κ1) is 14.2. The van der Waals surface area contributed by atoms with Crippen molar-refractivity contribution in [1.29, 1.82) is 0 Å². The molecule has 0 unspecified atom stereocenters. The normalized spacial score (nSPS) is 23.9. The molecule has 0 saturated carbocycles. The molecule has 1 fully saturated rings. The molecule has 1 N–H and O–H groups in total. The zero-order valence-corrected chi connectivity index (χ0v) is 12.0. The fourth-order valence-corrected chi connectivity index (χ4v) is 2.73. The van der Waals surface area contributed by atoms with Crippen LogP contribution < -0.4 is 4.74 Å². The topological polar surface area (TPSA) is 58.5 Å². The quantitative estimate of drug-likeness (QED) is 0.897. The van der Waals surface area contributed by atoms with Crippen LogP contribution in [0.3, 0.4) is 0 Å². The first-order valence-electron chi connectivity index (χ1n) is 6.75. The molecule has 2 rings (SSSR count). The standard InChI is InChI=1S/C14H23N3O2/c1-14(2)8-12(18)6-7-17(10-14)9-11-4-5-13(19-3)16-15-11/h4-5,12,18H,6-10H2,1-3H3/t12-/m0/s1. The fraction of sp³-hybridized carbons (Fsp3) is 0.714. The Kier molecular flexibility index (Phi) is 4.37. The van der Waals surface area contributed by atoms with E-state index in [9.17, 15) is 5.11 Å². The molecular formula is C14H23N3O2. The van der Waals surface area contributed by atoms with Gasteiger partial charge < -0.3 is 9.84 Å². The minimum Gasteiger partial charge on any atom is -0.480 e. The molecule has 106 valence electrons. The predicted octanol–water partition coefficient (Wildman–Crippen LogP) is 1.47. The molecule has 0 amide bonds. The maximum absolute atomic E-state index is 9.91. The van der Waals surface area contributed by atoms with Crippen molar-refractivity contribution in [3.05, 3.63) is 17.8 Å². The molecule has 1 atom stereocenters. The Morgan fingerprint density at radius 2 is 2.21 bits per heavy atom. The van der Waals surface area contributed by atoms with Crippen LogP contribution in [0.5, 0.6) is 5.88 Å². The maximum atomic E-state index is 9.91. The number of rotatable bonds is 3. The Labute approximate surface area is 114 Å². The van der Waals surface area contributed by atoms with Crippen molar-refractivity contribution in [1.82, 2.24) is 15.1 Å². The maximum Gasteiger partial charge on any atom is 0.233 e. The molecule has 19 heavy (non-hydrogen) atoms. The Balaban J connectivity index is 2.00. The van der Waals surface area contributed by atoms with E-state index in [1.54, 1.807) is 7.11 Å². The van der Waals surface area contributed by atoms with Gasteiger partial charge in [-0.05, 0) is 24.3 Å². The lowest BCUT2D eigenvalue weighted by Crippen LogP contribution is -2.32.